The van der Waals surface area contributed by atoms with E-state index in [0.717, 1.165) is 90.9 Å². The highest BCUT2D eigenvalue weighted by molar-refractivity contribution is 7.17. The van der Waals surface area contributed by atoms with Crippen LogP contribution in [0.4, 0.5) is 5.69 Å². The molecule has 3 fully saturated rings. The third-order valence-corrected chi connectivity index (χ3v) is 8.40. The maximum Gasteiger partial charge on any atom is 0.220 e. The molecule has 9 heteroatoms. The molecule has 3 aromatic rings. The first-order valence-corrected chi connectivity index (χ1v) is 13.6. The molecule has 190 valence electrons. The zero-order chi connectivity index (χ0) is 24.5. The number of benzene rings is 2. The average molecular weight is 509 g/mol. The lowest BCUT2D eigenvalue weighted by Crippen LogP contribution is -2.56. The summed E-state index contributed by atoms with van der Waals surface area (Å²) in [7, 11) is 1.74. The second-order valence-electron chi connectivity index (χ2n) is 9.79. The van der Waals surface area contributed by atoms with Gasteiger partial charge in [-0.25, -0.2) is 4.98 Å². The topological polar surface area (TPSA) is 76.2 Å². The zero-order valence-corrected chi connectivity index (χ0v) is 21.4. The summed E-state index contributed by atoms with van der Waals surface area (Å²) < 4.78 is 18.5. The number of hydrogen-bond donors (Lipinski definition) is 1. The summed E-state index contributed by atoms with van der Waals surface area (Å²) in [5, 5.41) is 2.90. The summed E-state index contributed by atoms with van der Waals surface area (Å²) in [6, 6.07) is 11.3. The van der Waals surface area contributed by atoms with Crippen LogP contribution in [0.3, 0.4) is 0 Å². The van der Waals surface area contributed by atoms with E-state index in [1.165, 1.54) is 0 Å². The number of piperazine rings is 1. The molecule has 0 spiro atoms. The largest absolute Gasteiger partial charge is 0.495 e. The van der Waals surface area contributed by atoms with E-state index in [1.54, 1.807) is 18.4 Å². The second kappa shape index (κ2) is 10.2. The minimum absolute atomic E-state index is 0.138. The third kappa shape index (κ3) is 4.75. The molecule has 36 heavy (non-hydrogen) atoms. The smallest absolute Gasteiger partial charge is 0.220 e. The van der Waals surface area contributed by atoms with Gasteiger partial charge >= 0.3 is 0 Å². The van der Waals surface area contributed by atoms with Gasteiger partial charge < -0.3 is 24.4 Å². The number of aromatic nitrogens is 1. The van der Waals surface area contributed by atoms with Crippen molar-refractivity contribution in [3.63, 3.8) is 0 Å². The molecule has 3 aliphatic rings. The molecular weight excluding hydrogens is 476 g/mol. The van der Waals surface area contributed by atoms with Gasteiger partial charge in [0.25, 0.3) is 0 Å². The molecule has 1 aromatic heterocycles. The quantitative estimate of drug-likeness (QED) is 0.500. The van der Waals surface area contributed by atoms with Crippen molar-refractivity contribution in [3.05, 3.63) is 35.8 Å². The number of fused-ring (bicyclic) bond motifs is 1. The van der Waals surface area contributed by atoms with Crippen LogP contribution in [0.1, 0.15) is 12.8 Å². The molecule has 0 radical (unpaired) electrons. The number of nitrogens with zero attached hydrogens (tertiary/aromatic N) is 3. The van der Waals surface area contributed by atoms with Crippen molar-refractivity contribution in [2.45, 2.75) is 18.9 Å². The van der Waals surface area contributed by atoms with Crippen LogP contribution in [0.25, 0.3) is 21.3 Å². The molecule has 0 bridgehead atoms. The first-order chi connectivity index (χ1) is 17.7. The highest BCUT2D eigenvalue weighted by Crippen LogP contribution is 2.38. The van der Waals surface area contributed by atoms with Crippen molar-refractivity contribution in [1.29, 1.82) is 0 Å². The van der Waals surface area contributed by atoms with Gasteiger partial charge in [0, 0.05) is 39.1 Å². The number of nitrogens with one attached hydrogen (secondary N) is 1. The second-order valence-corrected chi connectivity index (χ2v) is 10.6. The summed E-state index contributed by atoms with van der Waals surface area (Å²) in [6.45, 7) is 7.12. The molecule has 2 aromatic carbocycles. The van der Waals surface area contributed by atoms with Gasteiger partial charge in [0.2, 0.25) is 5.91 Å². The van der Waals surface area contributed by atoms with Crippen LogP contribution < -0.4 is 19.7 Å². The number of ether oxygens (including phenoxy) is 3. The number of methoxy groups -OCH3 is 1. The van der Waals surface area contributed by atoms with E-state index in [1.807, 2.05) is 5.51 Å². The van der Waals surface area contributed by atoms with E-state index in [9.17, 15) is 4.79 Å². The minimum Gasteiger partial charge on any atom is -0.495 e. The van der Waals surface area contributed by atoms with Crippen LogP contribution in [0.5, 0.6) is 11.5 Å². The van der Waals surface area contributed by atoms with Crippen molar-refractivity contribution >= 4 is 33.1 Å². The van der Waals surface area contributed by atoms with Crippen LogP contribution in [-0.2, 0) is 9.53 Å². The molecule has 4 heterocycles. The minimum atomic E-state index is 0.138. The third-order valence-electron chi connectivity index (χ3n) is 7.55. The van der Waals surface area contributed by atoms with Gasteiger partial charge in [-0.2, -0.15) is 0 Å². The van der Waals surface area contributed by atoms with Gasteiger partial charge in [-0.3, -0.25) is 9.69 Å². The molecule has 8 nitrogen and oxygen atoms in total. The summed E-state index contributed by atoms with van der Waals surface area (Å²) in [5.41, 5.74) is 6.06. The summed E-state index contributed by atoms with van der Waals surface area (Å²) in [5.74, 6) is 2.21. The van der Waals surface area contributed by atoms with Crippen LogP contribution in [0, 0.1) is 5.92 Å². The summed E-state index contributed by atoms with van der Waals surface area (Å²) in [4.78, 5) is 21.0. The summed E-state index contributed by atoms with van der Waals surface area (Å²) in [6.07, 6.45) is 1.45. The summed E-state index contributed by atoms with van der Waals surface area (Å²) >= 11 is 1.59. The lowest BCUT2D eigenvalue weighted by Gasteiger charge is -2.43. The fraction of sp³-hybridized carbons (Fsp3) is 0.481. The van der Waals surface area contributed by atoms with Crippen molar-refractivity contribution < 1.29 is 19.0 Å². The Bertz CT molecular complexity index is 1240. The van der Waals surface area contributed by atoms with Crippen molar-refractivity contribution in [2.24, 2.45) is 5.92 Å². The van der Waals surface area contributed by atoms with Crippen LogP contribution in [0.2, 0.25) is 0 Å². The Morgan fingerprint density at radius 2 is 1.94 bits per heavy atom. The number of carbonyl (C=O) groups excluding carboxylic acids is 1. The molecule has 0 unspecified atom stereocenters. The predicted molar refractivity (Wildman–Crippen MR) is 141 cm³/mol. The van der Waals surface area contributed by atoms with E-state index < -0.39 is 0 Å². The number of thiazole rings is 1. The lowest BCUT2D eigenvalue weighted by atomic mass is 10.0. The van der Waals surface area contributed by atoms with E-state index in [0.29, 0.717) is 25.0 Å². The first kappa shape index (κ1) is 23.5. The Hall–Kier alpha value is -2.88. The number of anilines is 1. The SMILES string of the molecule is COc1cc(-c2cc(OCC[C@H]3CNC(=O)C3)c3scnc3c2)ccc1N1CCN(C2COC2)CC1. The van der Waals surface area contributed by atoms with Crippen molar-refractivity contribution in [3.8, 4) is 22.6 Å². The van der Waals surface area contributed by atoms with Gasteiger partial charge in [0.1, 0.15) is 11.5 Å². The molecular formula is C27H32N4O4S. The maximum atomic E-state index is 11.5. The van der Waals surface area contributed by atoms with Crippen molar-refractivity contribution in [1.82, 2.24) is 15.2 Å². The van der Waals surface area contributed by atoms with E-state index in [-0.39, 0.29) is 5.91 Å². The molecule has 3 aliphatic heterocycles. The van der Waals surface area contributed by atoms with E-state index in [4.69, 9.17) is 14.2 Å². The van der Waals surface area contributed by atoms with Gasteiger partial charge in [-0.1, -0.05) is 6.07 Å². The molecule has 6 rings (SSSR count). The average Bonchev–Trinajstić information content (AvgIpc) is 3.52. The number of carbonyl (C=O) groups is 1. The van der Waals surface area contributed by atoms with Gasteiger partial charge in [-0.05, 0) is 47.7 Å². The normalized spacial score (nSPS) is 21.0. The monoisotopic (exact) mass is 508 g/mol. The Balaban J connectivity index is 1.19. The van der Waals surface area contributed by atoms with Gasteiger partial charge in [-0.15, -0.1) is 11.3 Å². The molecule has 3 saturated heterocycles. The molecule has 0 saturated carbocycles. The van der Waals surface area contributed by atoms with Gasteiger partial charge in [0.15, 0.2) is 0 Å². The number of rotatable bonds is 8. The van der Waals surface area contributed by atoms with Gasteiger partial charge in [0.05, 0.1) is 54.4 Å². The fourth-order valence-electron chi connectivity index (χ4n) is 5.30. The van der Waals surface area contributed by atoms with E-state index >= 15 is 0 Å². The number of hydrogen-bond acceptors (Lipinski definition) is 8. The molecule has 1 amide bonds. The molecule has 1 atom stereocenters. The fourth-order valence-corrected chi connectivity index (χ4v) is 6.03. The number of amides is 1. The highest BCUT2D eigenvalue weighted by Gasteiger charge is 2.29. The van der Waals surface area contributed by atoms with Crippen molar-refractivity contribution in [2.75, 3.05) is 64.6 Å². The predicted octanol–water partition coefficient (Wildman–Crippen LogP) is 3.40. The Morgan fingerprint density at radius 3 is 2.67 bits per heavy atom. The van der Waals surface area contributed by atoms with E-state index in [2.05, 4.69) is 50.4 Å². The molecule has 1 N–H and O–H groups in total. The standard InChI is InChI=1S/C27H32N4O4S/c1-33-24-12-19(2-3-23(24)31-7-5-30(6-8-31)21-15-34-16-21)20-11-22-27(36-17-29-22)25(13-20)35-9-4-18-10-26(32)28-14-18/h2-3,11-13,17-18,21H,4-10,14-16H2,1H3,(H,28,32)/t18-/m1/s1. The Kier molecular flexibility index (Phi) is 6.69. The Morgan fingerprint density at radius 1 is 1.11 bits per heavy atom. The van der Waals surface area contributed by atoms with Crippen LogP contribution in [0.15, 0.2) is 35.8 Å². The highest BCUT2D eigenvalue weighted by atomic mass is 32.1. The maximum absolute atomic E-state index is 11.5. The first-order valence-electron chi connectivity index (χ1n) is 12.7. The lowest BCUT2D eigenvalue weighted by molar-refractivity contribution is -0.119. The van der Waals surface area contributed by atoms with Crippen LogP contribution in [-0.4, -0.2) is 81.5 Å². The zero-order valence-electron chi connectivity index (χ0n) is 20.6. The Labute approximate surface area is 215 Å². The van der Waals surface area contributed by atoms with Crippen LogP contribution >= 0.6 is 11.3 Å². The molecule has 0 aliphatic carbocycles.